The van der Waals surface area contributed by atoms with Crippen molar-refractivity contribution in [3.05, 3.63) is 45.4 Å². The van der Waals surface area contributed by atoms with Crippen molar-refractivity contribution >= 4 is 38.9 Å². The molecule has 0 radical (unpaired) electrons. The summed E-state index contributed by atoms with van der Waals surface area (Å²) >= 11 is 10.1. The van der Waals surface area contributed by atoms with Gasteiger partial charge in [0.25, 0.3) is 0 Å². The Morgan fingerprint density at radius 1 is 1.22 bits per heavy atom. The van der Waals surface area contributed by atoms with E-state index in [1.165, 1.54) is 0 Å². The van der Waals surface area contributed by atoms with Gasteiger partial charge in [0.05, 0.1) is 37.6 Å². The molecule has 2 aromatic carbocycles. The second-order valence-corrected chi connectivity index (χ2v) is 7.47. The molecule has 1 fully saturated rings. The number of hydrogen-bond donors (Lipinski definition) is 1. The van der Waals surface area contributed by atoms with E-state index >= 15 is 0 Å². The molecule has 3 rings (SSSR count). The molecule has 0 aromatic heterocycles. The molecular formula is C20H24BrClN2O3. The third-order valence-electron chi connectivity index (χ3n) is 4.39. The van der Waals surface area contributed by atoms with Gasteiger partial charge in [0.15, 0.2) is 11.5 Å². The number of anilines is 2. The molecule has 0 unspecified atom stereocenters. The lowest BCUT2D eigenvalue weighted by Crippen LogP contribution is -2.36. The van der Waals surface area contributed by atoms with Crippen molar-refractivity contribution in [1.29, 1.82) is 0 Å². The lowest BCUT2D eigenvalue weighted by molar-refractivity contribution is 0.122. The smallest absolute Gasteiger partial charge is 0.166 e. The number of nitrogens with zero attached hydrogens (tertiary/aromatic N) is 1. The molecule has 1 aliphatic heterocycles. The van der Waals surface area contributed by atoms with E-state index < -0.39 is 0 Å². The Morgan fingerprint density at radius 3 is 2.67 bits per heavy atom. The average Bonchev–Trinajstić information content (AvgIpc) is 2.68. The minimum Gasteiger partial charge on any atom is -0.493 e. The highest BCUT2D eigenvalue weighted by molar-refractivity contribution is 9.10. The second kappa shape index (κ2) is 9.53. The fraction of sp³-hybridized carbons (Fsp3) is 0.400. The first kappa shape index (κ1) is 20.1. The molecule has 0 amide bonds. The number of morpholine rings is 1. The van der Waals surface area contributed by atoms with Crippen LogP contribution in [0.15, 0.2) is 34.8 Å². The van der Waals surface area contributed by atoms with Crippen molar-refractivity contribution in [3.63, 3.8) is 0 Å². The van der Waals surface area contributed by atoms with Crippen LogP contribution in [0.4, 0.5) is 11.4 Å². The summed E-state index contributed by atoms with van der Waals surface area (Å²) in [7, 11) is 1.64. The maximum atomic E-state index is 6.52. The molecule has 0 bridgehead atoms. The van der Waals surface area contributed by atoms with Crippen LogP contribution in [0.25, 0.3) is 0 Å². The van der Waals surface area contributed by atoms with Crippen LogP contribution >= 0.6 is 27.5 Å². The minimum absolute atomic E-state index is 0.574. The van der Waals surface area contributed by atoms with Gasteiger partial charge in [0.1, 0.15) is 0 Å². The molecular weight excluding hydrogens is 432 g/mol. The Morgan fingerprint density at radius 2 is 2.00 bits per heavy atom. The zero-order chi connectivity index (χ0) is 19.2. The summed E-state index contributed by atoms with van der Waals surface area (Å²) in [5.41, 5.74) is 3.01. The predicted molar refractivity (Wildman–Crippen MR) is 114 cm³/mol. The lowest BCUT2D eigenvalue weighted by atomic mass is 10.1. The van der Waals surface area contributed by atoms with E-state index in [1.54, 1.807) is 7.11 Å². The van der Waals surface area contributed by atoms with Crippen LogP contribution in [0.5, 0.6) is 11.5 Å². The van der Waals surface area contributed by atoms with Crippen molar-refractivity contribution in [1.82, 2.24) is 0 Å². The van der Waals surface area contributed by atoms with Gasteiger partial charge in [-0.05, 0) is 37.3 Å². The summed E-state index contributed by atoms with van der Waals surface area (Å²) in [6.45, 7) is 6.33. The van der Waals surface area contributed by atoms with E-state index in [9.17, 15) is 0 Å². The summed E-state index contributed by atoms with van der Waals surface area (Å²) < 4.78 is 17.6. The Balaban J connectivity index is 1.75. The Labute approximate surface area is 173 Å². The Bertz CT molecular complexity index is 782. The summed E-state index contributed by atoms with van der Waals surface area (Å²) in [6, 6.07) is 10.0. The van der Waals surface area contributed by atoms with Gasteiger partial charge >= 0.3 is 0 Å². The maximum absolute atomic E-state index is 6.52. The van der Waals surface area contributed by atoms with Crippen LogP contribution in [-0.2, 0) is 11.3 Å². The number of nitrogens with one attached hydrogen (secondary N) is 1. The van der Waals surface area contributed by atoms with E-state index in [1.807, 2.05) is 31.2 Å². The molecule has 1 N–H and O–H groups in total. The van der Waals surface area contributed by atoms with Crippen LogP contribution in [0.1, 0.15) is 12.5 Å². The summed E-state index contributed by atoms with van der Waals surface area (Å²) in [5.74, 6) is 1.47. The monoisotopic (exact) mass is 454 g/mol. The van der Waals surface area contributed by atoms with Crippen LogP contribution in [0.3, 0.4) is 0 Å². The topological polar surface area (TPSA) is 43.0 Å². The number of ether oxygens (including phenoxy) is 3. The number of rotatable bonds is 7. The minimum atomic E-state index is 0.574. The van der Waals surface area contributed by atoms with Crippen LogP contribution in [0.2, 0.25) is 5.02 Å². The number of benzene rings is 2. The zero-order valence-corrected chi connectivity index (χ0v) is 17.9. The predicted octanol–water partition coefficient (Wildman–Crippen LogP) is 4.96. The van der Waals surface area contributed by atoms with E-state index in [4.69, 9.17) is 25.8 Å². The number of halogens is 2. The van der Waals surface area contributed by atoms with Crippen LogP contribution in [-0.4, -0.2) is 40.0 Å². The molecule has 0 aliphatic carbocycles. The van der Waals surface area contributed by atoms with Gasteiger partial charge in [-0.3, -0.25) is 0 Å². The molecule has 5 nitrogen and oxygen atoms in total. The van der Waals surface area contributed by atoms with Crippen molar-refractivity contribution in [2.75, 3.05) is 50.2 Å². The highest BCUT2D eigenvalue weighted by Crippen LogP contribution is 2.36. The molecule has 2 aromatic rings. The van der Waals surface area contributed by atoms with Gasteiger partial charge in [0, 0.05) is 35.4 Å². The Hall–Kier alpha value is -1.63. The molecule has 7 heteroatoms. The van der Waals surface area contributed by atoms with Gasteiger partial charge in [0.2, 0.25) is 0 Å². The quantitative estimate of drug-likeness (QED) is 0.639. The second-order valence-electron chi connectivity index (χ2n) is 6.15. The highest BCUT2D eigenvalue weighted by atomic mass is 79.9. The van der Waals surface area contributed by atoms with E-state index in [0.29, 0.717) is 18.9 Å². The van der Waals surface area contributed by atoms with Gasteiger partial charge in [-0.25, -0.2) is 0 Å². The van der Waals surface area contributed by atoms with E-state index in [0.717, 1.165) is 58.5 Å². The fourth-order valence-corrected chi connectivity index (χ4v) is 3.87. The maximum Gasteiger partial charge on any atom is 0.166 e. The zero-order valence-electron chi connectivity index (χ0n) is 15.6. The van der Waals surface area contributed by atoms with Crippen molar-refractivity contribution in [3.8, 4) is 11.5 Å². The molecule has 1 aliphatic rings. The van der Waals surface area contributed by atoms with Crippen molar-refractivity contribution < 1.29 is 14.2 Å². The lowest BCUT2D eigenvalue weighted by Gasteiger charge is -2.29. The van der Waals surface area contributed by atoms with E-state index in [2.05, 4.69) is 32.2 Å². The van der Waals surface area contributed by atoms with Crippen LogP contribution < -0.4 is 19.7 Å². The van der Waals surface area contributed by atoms with Gasteiger partial charge in [-0.2, -0.15) is 0 Å². The van der Waals surface area contributed by atoms with Gasteiger partial charge < -0.3 is 24.4 Å². The average molecular weight is 456 g/mol. The van der Waals surface area contributed by atoms with E-state index in [-0.39, 0.29) is 0 Å². The summed E-state index contributed by atoms with van der Waals surface area (Å²) in [6.07, 6.45) is 0. The first-order valence-corrected chi connectivity index (χ1v) is 10.1. The van der Waals surface area contributed by atoms with Crippen molar-refractivity contribution in [2.24, 2.45) is 0 Å². The fourth-order valence-electron chi connectivity index (χ4n) is 3.09. The summed E-state index contributed by atoms with van der Waals surface area (Å²) in [4.78, 5) is 2.25. The third kappa shape index (κ3) is 5.00. The molecule has 0 saturated carbocycles. The summed E-state index contributed by atoms with van der Waals surface area (Å²) in [5, 5.41) is 4.16. The van der Waals surface area contributed by atoms with Gasteiger partial charge in [-0.15, -0.1) is 0 Å². The highest BCUT2D eigenvalue weighted by Gasteiger charge is 2.15. The molecule has 1 saturated heterocycles. The first-order valence-electron chi connectivity index (χ1n) is 8.97. The van der Waals surface area contributed by atoms with Crippen LogP contribution in [0, 0.1) is 0 Å². The van der Waals surface area contributed by atoms with Crippen molar-refractivity contribution in [2.45, 2.75) is 13.5 Å². The standard InChI is InChI=1S/C20H24BrClN2O3/c1-3-27-20-14(10-15(21)11-19(20)25-2)13-23-16-4-5-18(17(22)12-16)24-6-8-26-9-7-24/h4-5,10-12,23H,3,6-9,13H2,1-2H3. The first-order chi connectivity index (χ1) is 13.1. The number of methoxy groups -OCH3 is 1. The normalized spacial score (nSPS) is 14.1. The van der Waals surface area contributed by atoms with Gasteiger partial charge in [-0.1, -0.05) is 27.5 Å². The third-order valence-corrected chi connectivity index (χ3v) is 5.15. The molecule has 27 heavy (non-hydrogen) atoms. The number of hydrogen-bond acceptors (Lipinski definition) is 5. The largest absolute Gasteiger partial charge is 0.493 e. The SMILES string of the molecule is CCOc1c(CNc2ccc(N3CCOCC3)c(Cl)c2)cc(Br)cc1OC. The Kier molecular flexibility index (Phi) is 7.10. The molecule has 0 spiro atoms. The molecule has 146 valence electrons. The molecule has 0 atom stereocenters. The molecule has 1 heterocycles.